The molecule has 1 atom stereocenters. The summed E-state index contributed by atoms with van der Waals surface area (Å²) >= 11 is 0. The second kappa shape index (κ2) is 6.34. The second-order valence-corrected chi connectivity index (χ2v) is 6.92. The zero-order chi connectivity index (χ0) is 16.5. The molecule has 0 radical (unpaired) electrons. The lowest BCUT2D eigenvalue weighted by molar-refractivity contribution is 0.249. The molecule has 2 fully saturated rings. The van der Waals surface area contributed by atoms with Crippen LogP contribution in [-0.4, -0.2) is 39.9 Å². The lowest BCUT2D eigenvalue weighted by Gasteiger charge is -2.18. The van der Waals surface area contributed by atoms with Gasteiger partial charge in [-0.25, -0.2) is 9.97 Å². The van der Waals surface area contributed by atoms with Crippen molar-refractivity contribution < 1.29 is 4.74 Å². The molecule has 0 bridgehead atoms. The van der Waals surface area contributed by atoms with Crippen molar-refractivity contribution in [2.45, 2.75) is 39.0 Å². The van der Waals surface area contributed by atoms with Crippen LogP contribution in [0.3, 0.4) is 0 Å². The van der Waals surface area contributed by atoms with E-state index in [9.17, 15) is 0 Å². The van der Waals surface area contributed by atoms with Crippen LogP contribution in [0.1, 0.15) is 42.4 Å². The van der Waals surface area contributed by atoms with E-state index in [1.54, 1.807) is 0 Å². The van der Waals surface area contributed by atoms with E-state index in [0.29, 0.717) is 24.3 Å². The Hall–Kier alpha value is -2.24. The van der Waals surface area contributed by atoms with Crippen molar-refractivity contribution in [3.63, 3.8) is 0 Å². The predicted octanol–water partition coefficient (Wildman–Crippen LogP) is 2.67. The number of hydrogen-bond acceptors (Lipinski definition) is 6. The van der Waals surface area contributed by atoms with Crippen molar-refractivity contribution in [1.82, 2.24) is 20.2 Å². The molecule has 126 valence electrons. The number of aromatic nitrogens is 4. The van der Waals surface area contributed by atoms with Crippen LogP contribution in [0.25, 0.3) is 0 Å². The fraction of sp³-hybridized carbons (Fsp3) is 0.556. The molecule has 2 aromatic heterocycles. The summed E-state index contributed by atoms with van der Waals surface area (Å²) in [5.41, 5.74) is 1.97. The standard InChI is InChI=1S/C18H23N5O/c1-12-3-6-17(22-21-12)24-11-14-7-8-23(10-14)16-9-13(2)19-18(20-16)15-4-5-15/h3,6,9,14-15H,4-5,7-8,10-11H2,1-2H3. The van der Waals surface area contributed by atoms with E-state index in [-0.39, 0.29) is 0 Å². The average Bonchev–Trinajstić information content (AvgIpc) is 3.32. The van der Waals surface area contributed by atoms with Crippen LogP contribution in [0, 0.1) is 19.8 Å². The van der Waals surface area contributed by atoms with Gasteiger partial charge in [-0.15, -0.1) is 5.10 Å². The van der Waals surface area contributed by atoms with Gasteiger partial charge < -0.3 is 9.64 Å². The summed E-state index contributed by atoms with van der Waals surface area (Å²) in [6.45, 7) is 6.65. The molecule has 6 heteroatoms. The Morgan fingerprint density at radius 1 is 1.08 bits per heavy atom. The lowest BCUT2D eigenvalue weighted by Crippen LogP contribution is -2.23. The maximum Gasteiger partial charge on any atom is 0.233 e. The Bertz CT molecular complexity index is 714. The minimum atomic E-state index is 0.493. The van der Waals surface area contributed by atoms with Gasteiger partial charge in [0.25, 0.3) is 0 Å². The summed E-state index contributed by atoms with van der Waals surface area (Å²) in [5.74, 6) is 3.79. The van der Waals surface area contributed by atoms with Crippen LogP contribution in [0.4, 0.5) is 5.82 Å². The summed E-state index contributed by atoms with van der Waals surface area (Å²) in [6, 6.07) is 5.90. The maximum atomic E-state index is 5.79. The monoisotopic (exact) mass is 325 g/mol. The predicted molar refractivity (Wildman–Crippen MR) is 91.3 cm³/mol. The van der Waals surface area contributed by atoms with Gasteiger partial charge in [-0.05, 0) is 39.2 Å². The van der Waals surface area contributed by atoms with Gasteiger partial charge >= 0.3 is 0 Å². The van der Waals surface area contributed by atoms with Crippen molar-refractivity contribution in [1.29, 1.82) is 0 Å². The molecular weight excluding hydrogens is 302 g/mol. The van der Waals surface area contributed by atoms with Gasteiger partial charge in [-0.1, -0.05) is 0 Å². The summed E-state index contributed by atoms with van der Waals surface area (Å²) in [5, 5.41) is 8.09. The molecular formula is C18H23N5O. The smallest absolute Gasteiger partial charge is 0.233 e. The van der Waals surface area contributed by atoms with Crippen molar-refractivity contribution in [2.75, 3.05) is 24.6 Å². The molecule has 0 spiro atoms. The van der Waals surface area contributed by atoms with Crippen molar-refractivity contribution >= 4 is 5.82 Å². The minimum absolute atomic E-state index is 0.493. The molecule has 4 rings (SSSR count). The lowest BCUT2D eigenvalue weighted by atomic mass is 10.1. The number of aryl methyl sites for hydroxylation is 2. The highest BCUT2D eigenvalue weighted by Crippen LogP contribution is 2.39. The first kappa shape index (κ1) is 15.3. The van der Waals surface area contributed by atoms with Gasteiger partial charge in [0, 0.05) is 42.8 Å². The third kappa shape index (κ3) is 3.47. The topological polar surface area (TPSA) is 64.0 Å². The molecule has 0 N–H and O–H groups in total. The molecule has 0 amide bonds. The molecule has 1 aliphatic carbocycles. The summed E-state index contributed by atoms with van der Waals surface area (Å²) < 4.78 is 5.79. The van der Waals surface area contributed by atoms with Crippen LogP contribution in [0.2, 0.25) is 0 Å². The third-order valence-corrected chi connectivity index (χ3v) is 4.65. The van der Waals surface area contributed by atoms with E-state index in [0.717, 1.165) is 42.5 Å². The highest BCUT2D eigenvalue weighted by molar-refractivity contribution is 5.41. The van der Waals surface area contributed by atoms with E-state index < -0.39 is 0 Å². The fourth-order valence-corrected chi connectivity index (χ4v) is 3.10. The summed E-state index contributed by atoms with van der Waals surface area (Å²) in [6.07, 6.45) is 3.58. The summed E-state index contributed by atoms with van der Waals surface area (Å²) in [7, 11) is 0. The van der Waals surface area contributed by atoms with Gasteiger partial charge in [-0.2, -0.15) is 5.10 Å². The Morgan fingerprint density at radius 2 is 1.96 bits per heavy atom. The number of rotatable bonds is 5. The Balaban J connectivity index is 1.37. The largest absolute Gasteiger partial charge is 0.476 e. The average molecular weight is 325 g/mol. The highest BCUT2D eigenvalue weighted by atomic mass is 16.5. The molecule has 3 heterocycles. The maximum absolute atomic E-state index is 5.79. The van der Waals surface area contributed by atoms with Crippen LogP contribution in [0.15, 0.2) is 18.2 Å². The number of hydrogen-bond donors (Lipinski definition) is 0. The van der Waals surface area contributed by atoms with Crippen LogP contribution >= 0.6 is 0 Å². The first-order valence-corrected chi connectivity index (χ1v) is 8.71. The van der Waals surface area contributed by atoms with Crippen LogP contribution in [0.5, 0.6) is 5.88 Å². The molecule has 1 saturated carbocycles. The molecule has 1 unspecified atom stereocenters. The van der Waals surface area contributed by atoms with Gasteiger partial charge in [0.05, 0.1) is 12.3 Å². The molecule has 1 saturated heterocycles. The van der Waals surface area contributed by atoms with Crippen LogP contribution in [-0.2, 0) is 0 Å². The zero-order valence-electron chi connectivity index (χ0n) is 14.3. The highest BCUT2D eigenvalue weighted by Gasteiger charge is 2.29. The van der Waals surface area contributed by atoms with E-state index in [1.807, 2.05) is 19.1 Å². The Labute approximate surface area is 142 Å². The molecule has 2 aromatic rings. The van der Waals surface area contributed by atoms with Gasteiger partial charge in [0.1, 0.15) is 11.6 Å². The molecule has 24 heavy (non-hydrogen) atoms. The van der Waals surface area contributed by atoms with Crippen molar-refractivity contribution in [3.8, 4) is 5.88 Å². The first-order chi connectivity index (χ1) is 11.7. The van der Waals surface area contributed by atoms with Crippen molar-refractivity contribution in [2.24, 2.45) is 5.92 Å². The molecule has 6 nitrogen and oxygen atoms in total. The van der Waals surface area contributed by atoms with Gasteiger partial charge in [0.2, 0.25) is 5.88 Å². The molecule has 0 aromatic carbocycles. The van der Waals surface area contributed by atoms with E-state index in [1.165, 1.54) is 12.8 Å². The normalized spacial score (nSPS) is 20.4. The van der Waals surface area contributed by atoms with Crippen molar-refractivity contribution in [3.05, 3.63) is 35.4 Å². The number of anilines is 1. The van der Waals surface area contributed by atoms with Gasteiger partial charge in [0.15, 0.2) is 0 Å². The summed E-state index contributed by atoms with van der Waals surface area (Å²) in [4.78, 5) is 11.7. The quantitative estimate of drug-likeness (QED) is 0.842. The van der Waals surface area contributed by atoms with E-state index >= 15 is 0 Å². The van der Waals surface area contributed by atoms with Crippen LogP contribution < -0.4 is 9.64 Å². The molecule has 1 aliphatic heterocycles. The zero-order valence-corrected chi connectivity index (χ0v) is 14.3. The fourth-order valence-electron chi connectivity index (χ4n) is 3.10. The molecule has 2 aliphatic rings. The van der Waals surface area contributed by atoms with E-state index in [2.05, 4.69) is 33.1 Å². The van der Waals surface area contributed by atoms with Gasteiger partial charge in [-0.3, -0.25) is 0 Å². The van der Waals surface area contributed by atoms with E-state index in [4.69, 9.17) is 9.72 Å². The third-order valence-electron chi connectivity index (χ3n) is 4.65. The Kier molecular flexibility index (Phi) is 4.04. The second-order valence-electron chi connectivity index (χ2n) is 6.92. The number of nitrogens with zero attached hydrogens (tertiary/aromatic N) is 5. The first-order valence-electron chi connectivity index (χ1n) is 8.71. The number of ether oxygens (including phenoxy) is 1. The minimum Gasteiger partial charge on any atom is -0.476 e. The Morgan fingerprint density at radius 3 is 2.71 bits per heavy atom. The SMILES string of the molecule is Cc1ccc(OCC2CCN(c3cc(C)nc(C4CC4)n3)C2)nn1.